The van der Waals surface area contributed by atoms with Crippen LogP contribution < -0.4 is 10.1 Å². The van der Waals surface area contributed by atoms with Crippen molar-refractivity contribution < 1.29 is 14.3 Å². The van der Waals surface area contributed by atoms with Crippen LogP contribution in [0.1, 0.15) is 18.1 Å². The maximum atomic E-state index is 12.1. The number of amidine groups is 1. The highest BCUT2D eigenvalue weighted by Crippen LogP contribution is 2.37. The minimum Gasteiger partial charge on any atom is -0.487 e. The summed E-state index contributed by atoms with van der Waals surface area (Å²) in [6.45, 7) is 1.53. The monoisotopic (exact) mass is 454 g/mol. The molecule has 2 aromatic rings. The second-order valence-electron chi connectivity index (χ2n) is 5.70. The second-order valence-corrected chi connectivity index (χ2v) is 7.98. The van der Waals surface area contributed by atoms with E-state index in [0.29, 0.717) is 31.3 Å². The molecule has 1 N–H and O–H groups in total. The highest BCUT2D eigenvalue weighted by Gasteiger charge is 2.23. The maximum absolute atomic E-state index is 12.1. The molecule has 9 heteroatoms. The van der Waals surface area contributed by atoms with Crippen molar-refractivity contribution in [2.24, 2.45) is 4.99 Å². The lowest BCUT2D eigenvalue weighted by Gasteiger charge is -2.13. The van der Waals surface area contributed by atoms with Gasteiger partial charge >= 0.3 is 0 Å². The van der Waals surface area contributed by atoms with Crippen molar-refractivity contribution in [3.8, 4) is 5.75 Å². The molecular weight excluding hydrogens is 443 g/mol. The Kier molecular flexibility index (Phi) is 6.67. The first-order valence-electron chi connectivity index (χ1n) is 7.99. The highest BCUT2D eigenvalue weighted by molar-refractivity contribution is 8.18. The molecule has 0 radical (unpaired) electrons. The topological polar surface area (TPSA) is 67.8 Å². The lowest BCUT2D eigenvalue weighted by Crippen LogP contribution is -2.23. The molecule has 28 heavy (non-hydrogen) atoms. The van der Waals surface area contributed by atoms with Crippen molar-refractivity contribution in [3.63, 3.8) is 0 Å². The van der Waals surface area contributed by atoms with Gasteiger partial charge in [0.2, 0.25) is 5.91 Å². The van der Waals surface area contributed by atoms with Gasteiger partial charge in [-0.05, 0) is 36.0 Å². The molecule has 0 aliphatic carbocycles. The summed E-state index contributed by atoms with van der Waals surface area (Å²) in [6.07, 6.45) is 1.57. The van der Waals surface area contributed by atoms with Gasteiger partial charge in [0.1, 0.15) is 12.4 Å². The van der Waals surface area contributed by atoms with Gasteiger partial charge in [0.25, 0.3) is 5.91 Å². The number of hydrogen-bond acceptors (Lipinski definition) is 4. The molecule has 5 nitrogen and oxygen atoms in total. The van der Waals surface area contributed by atoms with Crippen LogP contribution in [0.4, 0.5) is 0 Å². The van der Waals surface area contributed by atoms with Crippen LogP contribution in [-0.4, -0.2) is 17.0 Å². The average Bonchev–Trinajstić information content (AvgIpc) is 2.93. The third kappa shape index (κ3) is 5.08. The fourth-order valence-electron chi connectivity index (χ4n) is 2.36. The summed E-state index contributed by atoms with van der Waals surface area (Å²) < 4.78 is 5.88. The molecule has 3 rings (SSSR count). The molecule has 0 unspecified atom stereocenters. The Hall–Kier alpha value is -1.99. The molecule has 0 bridgehead atoms. The van der Waals surface area contributed by atoms with Crippen LogP contribution >= 0.6 is 46.6 Å². The molecule has 2 amide bonds. The summed E-state index contributed by atoms with van der Waals surface area (Å²) in [5.41, 5.74) is 1.30. The molecule has 0 saturated carbocycles. The van der Waals surface area contributed by atoms with Crippen LogP contribution in [0.5, 0.6) is 5.75 Å². The fourth-order valence-corrected chi connectivity index (χ4v) is 3.96. The van der Waals surface area contributed by atoms with Crippen LogP contribution in [0.15, 0.2) is 46.3 Å². The van der Waals surface area contributed by atoms with Crippen LogP contribution in [0.2, 0.25) is 15.1 Å². The van der Waals surface area contributed by atoms with Crippen molar-refractivity contribution in [1.82, 2.24) is 5.32 Å². The van der Waals surface area contributed by atoms with Crippen molar-refractivity contribution in [2.45, 2.75) is 13.5 Å². The molecule has 2 aromatic carbocycles. The van der Waals surface area contributed by atoms with Gasteiger partial charge in [-0.1, -0.05) is 53.0 Å². The lowest BCUT2D eigenvalue weighted by atomic mass is 10.1. The first-order chi connectivity index (χ1) is 13.3. The molecule has 0 saturated heterocycles. The van der Waals surface area contributed by atoms with Gasteiger partial charge < -0.3 is 10.1 Å². The van der Waals surface area contributed by atoms with Gasteiger partial charge in [0.15, 0.2) is 5.17 Å². The average molecular weight is 456 g/mol. The van der Waals surface area contributed by atoms with Crippen molar-refractivity contribution in [1.29, 1.82) is 0 Å². The van der Waals surface area contributed by atoms with Crippen molar-refractivity contribution in [3.05, 3.63) is 67.5 Å². The Balaban J connectivity index is 1.88. The maximum Gasteiger partial charge on any atom is 0.286 e. The van der Waals surface area contributed by atoms with Crippen LogP contribution in [-0.2, 0) is 16.2 Å². The minimum absolute atomic E-state index is 0.186. The first-order valence-corrected chi connectivity index (χ1v) is 9.94. The lowest BCUT2D eigenvalue weighted by molar-refractivity contribution is -0.117. The van der Waals surface area contributed by atoms with E-state index in [0.717, 1.165) is 17.3 Å². The number of nitrogens with one attached hydrogen (secondary N) is 1. The zero-order valence-corrected chi connectivity index (χ0v) is 17.5. The standard InChI is InChI=1S/C19H13Cl3N2O3S/c1-10(25)23-19-24-18(26)16(28-19)7-12-6-13(20)8-15(22)17(12)27-9-11-4-2-3-5-14(11)21/h2-8H,9H2,1H3,(H,23,24,25,26)/b16-7+. The number of hydrogen-bond donors (Lipinski definition) is 1. The van der Waals surface area contributed by atoms with Crippen LogP contribution in [0.25, 0.3) is 6.08 Å². The van der Waals surface area contributed by atoms with E-state index >= 15 is 0 Å². The number of carbonyl (C=O) groups excluding carboxylic acids is 2. The Labute approximate surface area is 180 Å². The van der Waals surface area contributed by atoms with E-state index < -0.39 is 5.91 Å². The molecule has 1 aliphatic rings. The van der Waals surface area contributed by atoms with Gasteiger partial charge in [0, 0.05) is 28.1 Å². The Morgan fingerprint density at radius 1 is 1.21 bits per heavy atom. The summed E-state index contributed by atoms with van der Waals surface area (Å²) in [4.78, 5) is 27.4. The van der Waals surface area contributed by atoms with Gasteiger partial charge in [0.05, 0.1) is 9.93 Å². The van der Waals surface area contributed by atoms with Gasteiger partial charge in [-0.25, -0.2) is 0 Å². The number of carbonyl (C=O) groups is 2. The molecule has 0 spiro atoms. The smallest absolute Gasteiger partial charge is 0.286 e. The summed E-state index contributed by atoms with van der Waals surface area (Å²) in [6, 6.07) is 10.5. The van der Waals surface area contributed by atoms with Gasteiger partial charge in [-0.15, -0.1) is 0 Å². The van der Waals surface area contributed by atoms with Gasteiger partial charge in [-0.3, -0.25) is 9.59 Å². The number of rotatable bonds is 4. The number of thioether (sulfide) groups is 1. The zero-order valence-electron chi connectivity index (χ0n) is 14.5. The Morgan fingerprint density at radius 3 is 2.68 bits per heavy atom. The number of nitrogens with zero attached hydrogens (tertiary/aromatic N) is 1. The molecule has 1 aliphatic heterocycles. The Bertz CT molecular complexity index is 1020. The number of benzene rings is 2. The molecule has 0 aromatic heterocycles. The van der Waals surface area contributed by atoms with E-state index in [9.17, 15) is 9.59 Å². The Morgan fingerprint density at radius 2 is 1.96 bits per heavy atom. The predicted molar refractivity (Wildman–Crippen MR) is 114 cm³/mol. The molecule has 0 fully saturated rings. The van der Waals surface area contributed by atoms with Crippen molar-refractivity contribution in [2.75, 3.05) is 0 Å². The molecule has 0 atom stereocenters. The molecule has 144 valence electrons. The predicted octanol–water partition coefficient (Wildman–Crippen LogP) is 5.33. The number of amides is 2. The first kappa shape index (κ1) is 20.7. The highest BCUT2D eigenvalue weighted by atomic mass is 35.5. The number of aliphatic imine (C=N–C) groups is 1. The third-order valence-electron chi connectivity index (χ3n) is 3.56. The van der Waals surface area contributed by atoms with E-state index in [4.69, 9.17) is 39.5 Å². The number of halogens is 3. The normalized spacial score (nSPS) is 14.9. The van der Waals surface area contributed by atoms with E-state index in [1.807, 2.05) is 18.2 Å². The van der Waals surface area contributed by atoms with E-state index in [-0.39, 0.29) is 17.7 Å². The largest absolute Gasteiger partial charge is 0.487 e. The van der Waals surface area contributed by atoms with Crippen molar-refractivity contribution >= 4 is 69.6 Å². The van der Waals surface area contributed by atoms with E-state index in [1.165, 1.54) is 6.92 Å². The third-order valence-corrected chi connectivity index (χ3v) is 5.32. The van der Waals surface area contributed by atoms with Crippen LogP contribution in [0, 0.1) is 0 Å². The minimum atomic E-state index is -0.470. The number of ether oxygens (including phenoxy) is 1. The summed E-state index contributed by atoms with van der Waals surface area (Å²) >= 11 is 19.6. The second kappa shape index (κ2) is 9.01. The molecule has 1 heterocycles. The summed E-state index contributed by atoms with van der Waals surface area (Å²) in [5, 5.41) is 3.97. The fraction of sp³-hybridized carbons (Fsp3) is 0.105. The van der Waals surface area contributed by atoms with E-state index in [1.54, 1.807) is 24.3 Å². The molecular formula is C19H13Cl3N2O3S. The summed E-state index contributed by atoms with van der Waals surface area (Å²) in [7, 11) is 0. The summed E-state index contributed by atoms with van der Waals surface area (Å²) in [5.74, 6) is -0.420. The SMILES string of the molecule is CC(=O)NC1=NC(=O)/C(=C\c2cc(Cl)cc(Cl)c2OCc2ccccc2Cl)S1. The van der Waals surface area contributed by atoms with Gasteiger partial charge in [-0.2, -0.15) is 4.99 Å². The van der Waals surface area contributed by atoms with Crippen LogP contribution in [0.3, 0.4) is 0 Å². The zero-order chi connectivity index (χ0) is 20.3. The quantitative estimate of drug-likeness (QED) is 0.633. The van der Waals surface area contributed by atoms with E-state index in [2.05, 4.69) is 10.3 Å².